The number of fused-ring (bicyclic) bond motifs is 1. The Labute approximate surface area is 123 Å². The lowest BCUT2D eigenvalue weighted by Gasteiger charge is -2.21. The summed E-state index contributed by atoms with van der Waals surface area (Å²) < 4.78 is 0. The summed E-state index contributed by atoms with van der Waals surface area (Å²) in [5, 5.41) is 16.0. The summed E-state index contributed by atoms with van der Waals surface area (Å²) in [6.07, 6.45) is 2.13. The third kappa shape index (κ3) is 2.57. The molecule has 2 aromatic carbocycles. The van der Waals surface area contributed by atoms with Crippen molar-refractivity contribution in [2.45, 2.75) is 19.8 Å². The Morgan fingerprint density at radius 2 is 2.05 bits per heavy atom. The smallest absolute Gasteiger partial charge is 0.256 e. The van der Waals surface area contributed by atoms with Crippen LogP contribution in [0.4, 0.5) is 11.4 Å². The second kappa shape index (κ2) is 5.48. The molecule has 3 rings (SSSR count). The van der Waals surface area contributed by atoms with Crippen molar-refractivity contribution in [3.8, 4) is 5.75 Å². The second-order valence-corrected chi connectivity index (χ2v) is 5.27. The van der Waals surface area contributed by atoms with Crippen LogP contribution in [0.2, 0.25) is 0 Å². The number of amides is 1. The molecule has 0 bridgehead atoms. The molecular formula is C17H18N2O2. The first-order valence-electron chi connectivity index (χ1n) is 7.12. The van der Waals surface area contributed by atoms with Gasteiger partial charge in [-0.25, -0.2) is 0 Å². The number of para-hydroxylation sites is 1. The topological polar surface area (TPSA) is 61.4 Å². The number of phenolic OH excluding ortho intramolecular Hbond substituents is 1. The van der Waals surface area contributed by atoms with Crippen LogP contribution in [-0.4, -0.2) is 17.6 Å². The molecule has 1 heterocycles. The van der Waals surface area contributed by atoms with E-state index in [-0.39, 0.29) is 11.7 Å². The average molecular weight is 282 g/mol. The van der Waals surface area contributed by atoms with Crippen molar-refractivity contribution >= 4 is 17.3 Å². The van der Waals surface area contributed by atoms with Gasteiger partial charge < -0.3 is 15.7 Å². The van der Waals surface area contributed by atoms with Gasteiger partial charge in [0.1, 0.15) is 5.75 Å². The lowest BCUT2D eigenvalue weighted by Crippen LogP contribution is -2.18. The Kier molecular flexibility index (Phi) is 3.52. The van der Waals surface area contributed by atoms with Gasteiger partial charge in [-0.3, -0.25) is 4.79 Å². The molecule has 2 aromatic rings. The lowest BCUT2D eigenvalue weighted by molar-refractivity contribution is 0.102. The van der Waals surface area contributed by atoms with Crippen LogP contribution in [0.25, 0.3) is 0 Å². The fourth-order valence-electron chi connectivity index (χ4n) is 2.67. The maximum absolute atomic E-state index is 12.4. The number of aryl methyl sites for hydroxylation is 1. The summed E-state index contributed by atoms with van der Waals surface area (Å²) in [7, 11) is 0. The molecule has 0 aromatic heterocycles. The van der Waals surface area contributed by atoms with Crippen molar-refractivity contribution in [3.05, 3.63) is 53.1 Å². The minimum absolute atomic E-state index is 0.135. The van der Waals surface area contributed by atoms with Crippen molar-refractivity contribution in [1.29, 1.82) is 0 Å². The molecule has 4 nitrogen and oxygen atoms in total. The molecule has 21 heavy (non-hydrogen) atoms. The zero-order valence-corrected chi connectivity index (χ0v) is 11.9. The van der Waals surface area contributed by atoms with E-state index in [1.165, 1.54) is 5.56 Å². The van der Waals surface area contributed by atoms with Crippen LogP contribution in [0.1, 0.15) is 27.9 Å². The Morgan fingerprint density at radius 3 is 2.90 bits per heavy atom. The first kappa shape index (κ1) is 13.5. The first-order valence-corrected chi connectivity index (χ1v) is 7.12. The van der Waals surface area contributed by atoms with Gasteiger partial charge in [0.15, 0.2) is 0 Å². The van der Waals surface area contributed by atoms with Gasteiger partial charge >= 0.3 is 0 Å². The van der Waals surface area contributed by atoms with Gasteiger partial charge in [0.25, 0.3) is 5.91 Å². The zero-order valence-electron chi connectivity index (χ0n) is 11.9. The van der Waals surface area contributed by atoms with Crippen molar-refractivity contribution in [3.63, 3.8) is 0 Å². The maximum Gasteiger partial charge on any atom is 0.256 e. The number of hydrogen-bond acceptors (Lipinski definition) is 3. The monoisotopic (exact) mass is 282 g/mol. The summed E-state index contributed by atoms with van der Waals surface area (Å²) in [4.78, 5) is 12.4. The Morgan fingerprint density at radius 1 is 1.24 bits per heavy atom. The zero-order chi connectivity index (χ0) is 14.8. The van der Waals surface area contributed by atoms with E-state index >= 15 is 0 Å². The van der Waals surface area contributed by atoms with Crippen molar-refractivity contribution in [2.24, 2.45) is 0 Å². The minimum atomic E-state index is -0.204. The van der Waals surface area contributed by atoms with Crippen LogP contribution in [0.15, 0.2) is 36.4 Å². The number of rotatable bonds is 2. The largest absolute Gasteiger partial charge is 0.508 e. The van der Waals surface area contributed by atoms with E-state index in [0.717, 1.165) is 30.8 Å². The van der Waals surface area contributed by atoms with Gasteiger partial charge in [-0.1, -0.05) is 18.2 Å². The minimum Gasteiger partial charge on any atom is -0.508 e. The molecule has 0 atom stereocenters. The van der Waals surface area contributed by atoms with E-state index in [1.807, 2.05) is 12.1 Å². The molecule has 0 spiro atoms. The number of phenols is 1. The van der Waals surface area contributed by atoms with Crippen LogP contribution in [0.3, 0.4) is 0 Å². The molecule has 0 saturated heterocycles. The molecule has 0 saturated carbocycles. The highest BCUT2D eigenvalue weighted by Gasteiger charge is 2.16. The molecule has 3 N–H and O–H groups in total. The number of hydrogen-bond donors (Lipinski definition) is 3. The predicted octanol–water partition coefficient (Wildman–Crippen LogP) is 3.31. The van der Waals surface area contributed by atoms with Crippen molar-refractivity contribution in [2.75, 3.05) is 17.2 Å². The number of benzene rings is 2. The van der Waals surface area contributed by atoms with Crippen LogP contribution < -0.4 is 10.6 Å². The molecule has 108 valence electrons. The molecular weight excluding hydrogens is 264 g/mol. The van der Waals surface area contributed by atoms with Crippen molar-refractivity contribution < 1.29 is 9.90 Å². The van der Waals surface area contributed by atoms with Crippen LogP contribution in [0.5, 0.6) is 5.75 Å². The van der Waals surface area contributed by atoms with Crippen LogP contribution in [-0.2, 0) is 6.42 Å². The van der Waals surface area contributed by atoms with Gasteiger partial charge in [-0.15, -0.1) is 0 Å². The normalized spacial score (nSPS) is 13.2. The lowest BCUT2D eigenvalue weighted by atomic mass is 10.0. The highest BCUT2D eigenvalue weighted by Crippen LogP contribution is 2.31. The third-order valence-electron chi connectivity index (χ3n) is 3.87. The summed E-state index contributed by atoms with van der Waals surface area (Å²) in [6.45, 7) is 2.66. The van der Waals surface area contributed by atoms with E-state index < -0.39 is 0 Å². The van der Waals surface area contributed by atoms with E-state index in [2.05, 4.69) is 16.7 Å². The SMILES string of the molecule is Cc1c(O)cccc1C(=O)Nc1cccc2c1NCCC2. The fourth-order valence-corrected chi connectivity index (χ4v) is 2.67. The molecule has 1 aliphatic rings. The van der Waals surface area contributed by atoms with E-state index in [1.54, 1.807) is 25.1 Å². The van der Waals surface area contributed by atoms with Gasteiger partial charge in [0.2, 0.25) is 0 Å². The highest BCUT2D eigenvalue weighted by molar-refractivity contribution is 6.07. The predicted molar refractivity (Wildman–Crippen MR) is 84.0 cm³/mol. The average Bonchev–Trinajstić information content (AvgIpc) is 2.50. The van der Waals surface area contributed by atoms with Crippen LogP contribution in [0, 0.1) is 6.92 Å². The molecule has 0 unspecified atom stereocenters. The quantitative estimate of drug-likeness (QED) is 0.792. The number of anilines is 2. The van der Waals surface area contributed by atoms with Gasteiger partial charge in [0.05, 0.1) is 11.4 Å². The highest BCUT2D eigenvalue weighted by atomic mass is 16.3. The Balaban J connectivity index is 1.90. The van der Waals surface area contributed by atoms with Crippen LogP contribution >= 0.6 is 0 Å². The van der Waals surface area contributed by atoms with E-state index in [0.29, 0.717) is 11.1 Å². The molecule has 1 aliphatic heterocycles. The summed E-state index contributed by atoms with van der Waals surface area (Å²) in [5.41, 5.74) is 4.11. The number of nitrogens with one attached hydrogen (secondary N) is 2. The molecule has 4 heteroatoms. The Bertz CT molecular complexity index is 695. The molecule has 0 radical (unpaired) electrons. The van der Waals surface area contributed by atoms with Gasteiger partial charge in [0, 0.05) is 17.7 Å². The van der Waals surface area contributed by atoms with E-state index in [9.17, 15) is 9.90 Å². The second-order valence-electron chi connectivity index (χ2n) is 5.27. The van der Waals surface area contributed by atoms with Crippen molar-refractivity contribution in [1.82, 2.24) is 0 Å². The third-order valence-corrected chi connectivity index (χ3v) is 3.87. The first-order chi connectivity index (χ1) is 10.2. The molecule has 0 fully saturated rings. The number of carbonyl (C=O) groups excluding carboxylic acids is 1. The standard InChI is InChI=1S/C17H18N2O2/c1-11-13(7-3-9-15(11)20)17(21)19-14-8-2-5-12-6-4-10-18-16(12)14/h2-3,5,7-9,18,20H,4,6,10H2,1H3,(H,19,21). The molecule has 0 aliphatic carbocycles. The Hall–Kier alpha value is -2.49. The maximum atomic E-state index is 12.4. The number of aromatic hydroxyl groups is 1. The number of carbonyl (C=O) groups is 1. The summed E-state index contributed by atoms with van der Waals surface area (Å²) in [6, 6.07) is 10.9. The summed E-state index contributed by atoms with van der Waals surface area (Å²) >= 11 is 0. The van der Waals surface area contributed by atoms with Gasteiger partial charge in [-0.2, -0.15) is 0 Å². The fraction of sp³-hybridized carbons (Fsp3) is 0.235. The van der Waals surface area contributed by atoms with E-state index in [4.69, 9.17) is 0 Å². The molecule has 1 amide bonds. The summed E-state index contributed by atoms with van der Waals surface area (Å²) in [5.74, 6) is -0.0694. The van der Waals surface area contributed by atoms with Gasteiger partial charge in [-0.05, 0) is 43.5 Å².